The van der Waals surface area contributed by atoms with E-state index in [2.05, 4.69) is 27.1 Å². The summed E-state index contributed by atoms with van der Waals surface area (Å²) in [5.41, 5.74) is 2.96. The number of anilines is 2. The van der Waals surface area contributed by atoms with E-state index in [4.69, 9.17) is 4.74 Å². The molecular weight excluding hydrogens is 354 g/mol. The van der Waals surface area contributed by atoms with Crippen molar-refractivity contribution in [2.24, 2.45) is 11.8 Å². The van der Waals surface area contributed by atoms with Crippen molar-refractivity contribution in [2.45, 2.75) is 20.8 Å². The lowest BCUT2D eigenvalue weighted by Crippen LogP contribution is -2.36. The number of rotatable bonds is 4. The maximum absolute atomic E-state index is 12.7. The van der Waals surface area contributed by atoms with Gasteiger partial charge in [-0.05, 0) is 45.0 Å². The van der Waals surface area contributed by atoms with Gasteiger partial charge >= 0.3 is 6.03 Å². The summed E-state index contributed by atoms with van der Waals surface area (Å²) in [7, 11) is 0. The highest BCUT2D eigenvalue weighted by Gasteiger charge is 2.42. The molecule has 2 aliphatic rings. The molecule has 0 saturated carbocycles. The third-order valence-corrected chi connectivity index (χ3v) is 5.80. The smallest absolute Gasteiger partial charge is 0.321 e. The van der Waals surface area contributed by atoms with Crippen LogP contribution in [0.5, 0.6) is 5.75 Å². The summed E-state index contributed by atoms with van der Waals surface area (Å²) in [5.74, 6) is 2.82. The number of benzene rings is 1. The number of hydrogen-bond acceptors (Lipinski definition) is 5. The maximum Gasteiger partial charge on any atom is 0.321 e. The number of aryl methyl sites for hydroxylation is 1. The molecule has 2 atom stereocenters. The van der Waals surface area contributed by atoms with Gasteiger partial charge in [-0.15, -0.1) is 0 Å². The lowest BCUT2D eigenvalue weighted by atomic mass is 10.0. The summed E-state index contributed by atoms with van der Waals surface area (Å²) < 4.78 is 5.44. The van der Waals surface area contributed by atoms with E-state index in [-0.39, 0.29) is 6.03 Å². The highest BCUT2D eigenvalue weighted by Crippen LogP contribution is 2.34. The Morgan fingerprint density at radius 2 is 1.79 bits per heavy atom. The van der Waals surface area contributed by atoms with Gasteiger partial charge in [-0.3, -0.25) is 0 Å². The number of nitrogens with one attached hydrogen (secondary N) is 1. The standard InChI is InChI=1S/C21H27N5O2/c1-4-28-19-7-5-18(6-8-19)24-21(27)26-11-16-9-25(10-17(16)12-26)20-14(2)15(3)22-13-23-20/h5-8,13,16-17H,4,9-12H2,1-3H3,(H,24,27). The number of nitrogens with zero attached hydrogens (tertiary/aromatic N) is 4. The van der Waals surface area contributed by atoms with Gasteiger partial charge in [0.25, 0.3) is 0 Å². The molecule has 2 saturated heterocycles. The van der Waals surface area contributed by atoms with E-state index in [0.717, 1.165) is 54.7 Å². The second-order valence-corrected chi connectivity index (χ2v) is 7.63. The molecule has 1 aromatic heterocycles. The number of fused-ring (bicyclic) bond motifs is 1. The molecule has 7 heteroatoms. The van der Waals surface area contributed by atoms with Gasteiger partial charge in [0.15, 0.2) is 0 Å². The second kappa shape index (κ2) is 7.66. The average molecular weight is 381 g/mol. The largest absolute Gasteiger partial charge is 0.494 e. The van der Waals surface area contributed by atoms with E-state index in [1.807, 2.05) is 43.0 Å². The van der Waals surface area contributed by atoms with Crippen molar-refractivity contribution < 1.29 is 9.53 Å². The highest BCUT2D eigenvalue weighted by molar-refractivity contribution is 5.89. The molecule has 148 valence electrons. The molecule has 7 nitrogen and oxygen atoms in total. The summed E-state index contributed by atoms with van der Waals surface area (Å²) in [6.45, 7) is 10.1. The fourth-order valence-electron chi connectivity index (χ4n) is 4.18. The maximum atomic E-state index is 12.7. The van der Waals surface area contributed by atoms with Crippen molar-refractivity contribution >= 4 is 17.5 Å². The van der Waals surface area contributed by atoms with Crippen LogP contribution in [0.4, 0.5) is 16.3 Å². The number of carbonyl (C=O) groups excluding carboxylic acids is 1. The Morgan fingerprint density at radius 1 is 1.11 bits per heavy atom. The molecule has 2 fully saturated rings. The second-order valence-electron chi connectivity index (χ2n) is 7.63. The Labute approximate surface area is 165 Å². The van der Waals surface area contributed by atoms with Crippen molar-refractivity contribution in [1.29, 1.82) is 0 Å². The van der Waals surface area contributed by atoms with Gasteiger partial charge in [-0.25, -0.2) is 14.8 Å². The Hall–Kier alpha value is -2.83. The molecule has 3 heterocycles. The van der Waals surface area contributed by atoms with E-state index in [1.54, 1.807) is 6.33 Å². The van der Waals surface area contributed by atoms with Crippen molar-refractivity contribution in [3.63, 3.8) is 0 Å². The van der Waals surface area contributed by atoms with Crippen LogP contribution in [0, 0.1) is 25.7 Å². The van der Waals surface area contributed by atoms with Gasteiger partial charge in [0.1, 0.15) is 17.9 Å². The molecule has 0 radical (unpaired) electrons. The van der Waals surface area contributed by atoms with Gasteiger partial charge in [0.05, 0.1) is 6.61 Å². The number of carbonyl (C=O) groups is 1. The molecule has 0 bridgehead atoms. The Kier molecular flexibility index (Phi) is 5.07. The van der Waals surface area contributed by atoms with E-state index in [0.29, 0.717) is 18.4 Å². The summed E-state index contributed by atoms with van der Waals surface area (Å²) in [6.07, 6.45) is 1.64. The fraction of sp³-hybridized carbons (Fsp3) is 0.476. The zero-order chi connectivity index (χ0) is 19.7. The molecule has 0 spiro atoms. The number of ether oxygens (including phenoxy) is 1. The van der Waals surface area contributed by atoms with E-state index in [9.17, 15) is 4.79 Å². The predicted molar refractivity (Wildman–Crippen MR) is 109 cm³/mol. The van der Waals surface area contributed by atoms with Gasteiger partial charge in [-0.1, -0.05) is 0 Å². The van der Waals surface area contributed by atoms with Crippen LogP contribution in [0.15, 0.2) is 30.6 Å². The molecule has 1 N–H and O–H groups in total. The van der Waals surface area contributed by atoms with Crippen LogP contribution in [0.1, 0.15) is 18.2 Å². The first-order chi connectivity index (χ1) is 13.5. The molecule has 2 unspecified atom stereocenters. The zero-order valence-corrected chi connectivity index (χ0v) is 16.7. The first-order valence-electron chi connectivity index (χ1n) is 9.87. The third-order valence-electron chi connectivity index (χ3n) is 5.80. The topological polar surface area (TPSA) is 70.6 Å². The predicted octanol–water partition coefficient (Wildman–Crippen LogP) is 3.09. The van der Waals surface area contributed by atoms with Crippen molar-refractivity contribution in [3.05, 3.63) is 41.9 Å². The number of aromatic nitrogens is 2. The molecule has 2 aromatic rings. The number of amides is 2. The highest BCUT2D eigenvalue weighted by atomic mass is 16.5. The van der Waals surface area contributed by atoms with Crippen LogP contribution in [0.3, 0.4) is 0 Å². The van der Waals surface area contributed by atoms with Gasteiger partial charge in [0, 0.05) is 55.0 Å². The molecular formula is C21H27N5O2. The van der Waals surface area contributed by atoms with Crippen molar-refractivity contribution in [1.82, 2.24) is 14.9 Å². The number of hydrogen-bond donors (Lipinski definition) is 1. The molecule has 28 heavy (non-hydrogen) atoms. The first kappa shape index (κ1) is 18.5. The van der Waals surface area contributed by atoms with Crippen LogP contribution in [0.25, 0.3) is 0 Å². The minimum atomic E-state index is -0.0285. The lowest BCUT2D eigenvalue weighted by molar-refractivity contribution is 0.219. The minimum absolute atomic E-state index is 0.0285. The van der Waals surface area contributed by atoms with E-state index >= 15 is 0 Å². The molecule has 0 aliphatic carbocycles. The number of likely N-dealkylation sites (tertiary alicyclic amines) is 1. The van der Waals surface area contributed by atoms with Crippen LogP contribution in [0.2, 0.25) is 0 Å². The molecule has 2 aliphatic heterocycles. The van der Waals surface area contributed by atoms with Crippen LogP contribution in [-0.4, -0.2) is 53.7 Å². The Balaban J connectivity index is 1.34. The van der Waals surface area contributed by atoms with Crippen molar-refractivity contribution in [2.75, 3.05) is 43.0 Å². The third kappa shape index (κ3) is 3.61. The zero-order valence-electron chi connectivity index (χ0n) is 16.7. The normalized spacial score (nSPS) is 21.0. The summed E-state index contributed by atoms with van der Waals surface area (Å²) in [4.78, 5) is 25.7. The average Bonchev–Trinajstić information content (AvgIpc) is 3.25. The van der Waals surface area contributed by atoms with Crippen LogP contribution in [-0.2, 0) is 0 Å². The SMILES string of the molecule is CCOc1ccc(NC(=O)N2CC3CN(c4ncnc(C)c4C)CC3C2)cc1. The number of urea groups is 1. The van der Waals surface area contributed by atoms with E-state index in [1.165, 1.54) is 0 Å². The monoisotopic (exact) mass is 381 g/mol. The summed E-state index contributed by atoms with van der Waals surface area (Å²) >= 11 is 0. The van der Waals surface area contributed by atoms with Crippen LogP contribution >= 0.6 is 0 Å². The Bertz CT molecular complexity index is 840. The van der Waals surface area contributed by atoms with Gasteiger partial charge in [0.2, 0.25) is 0 Å². The quantitative estimate of drug-likeness (QED) is 0.881. The van der Waals surface area contributed by atoms with Gasteiger partial charge in [-0.2, -0.15) is 0 Å². The lowest BCUT2D eigenvalue weighted by Gasteiger charge is -2.24. The molecule has 2 amide bonds. The van der Waals surface area contributed by atoms with E-state index < -0.39 is 0 Å². The minimum Gasteiger partial charge on any atom is -0.494 e. The van der Waals surface area contributed by atoms with Gasteiger partial charge < -0.3 is 19.9 Å². The fourth-order valence-corrected chi connectivity index (χ4v) is 4.18. The summed E-state index contributed by atoms with van der Waals surface area (Å²) in [5, 5.41) is 3.00. The van der Waals surface area contributed by atoms with Crippen molar-refractivity contribution in [3.8, 4) is 5.75 Å². The molecule has 1 aromatic carbocycles. The Morgan fingerprint density at radius 3 is 2.43 bits per heavy atom. The summed E-state index contributed by atoms with van der Waals surface area (Å²) in [6, 6.07) is 7.48. The van der Waals surface area contributed by atoms with Crippen LogP contribution < -0.4 is 15.0 Å². The first-order valence-corrected chi connectivity index (χ1v) is 9.87. The molecule has 4 rings (SSSR count).